The molecule has 0 amide bonds. The van der Waals surface area contributed by atoms with E-state index in [2.05, 4.69) is 52.7 Å². The third kappa shape index (κ3) is 8.56. The van der Waals surface area contributed by atoms with Crippen LogP contribution in [-0.2, 0) is 0 Å². The highest BCUT2D eigenvalue weighted by molar-refractivity contribution is 5.31. The van der Waals surface area contributed by atoms with E-state index in [1.54, 1.807) is 25.7 Å². The fourth-order valence-corrected chi connectivity index (χ4v) is 11.9. The molecule has 0 heterocycles. The number of hydrogen-bond donors (Lipinski definition) is 0. The molecule has 0 aliphatic heterocycles. The van der Waals surface area contributed by atoms with Gasteiger partial charge in [-0.3, -0.25) is 0 Å². The van der Waals surface area contributed by atoms with Crippen LogP contribution in [0.1, 0.15) is 189 Å². The second kappa shape index (κ2) is 16.5. The predicted octanol–water partition coefficient (Wildman–Crippen LogP) is 13.8. The second-order valence-corrected chi connectivity index (χ2v) is 17.7. The molecule has 0 N–H and O–H groups in total. The first-order valence-electron chi connectivity index (χ1n) is 20.6. The molecule has 6 rings (SSSR count). The van der Waals surface area contributed by atoms with Crippen molar-refractivity contribution in [3.8, 4) is 0 Å². The molecule has 0 aromatic carbocycles. The van der Waals surface area contributed by atoms with Crippen molar-refractivity contribution in [3.63, 3.8) is 0 Å². The van der Waals surface area contributed by atoms with Gasteiger partial charge in [-0.1, -0.05) is 110 Å². The molecule has 0 spiro atoms. The van der Waals surface area contributed by atoms with E-state index in [-0.39, 0.29) is 0 Å². The number of allylic oxidation sites excluding steroid dienone is 2. The summed E-state index contributed by atoms with van der Waals surface area (Å²) in [6.45, 7) is 14.8. The van der Waals surface area contributed by atoms with Crippen LogP contribution in [0.5, 0.6) is 0 Å². The highest BCUT2D eigenvalue weighted by Gasteiger charge is 2.44. The smallest absolute Gasteiger partial charge is 0.0169 e. The van der Waals surface area contributed by atoms with Gasteiger partial charge in [0.05, 0.1) is 0 Å². The third-order valence-electron chi connectivity index (χ3n) is 15.1. The Labute approximate surface area is 270 Å². The lowest BCUT2D eigenvalue weighted by Gasteiger charge is -2.50. The van der Waals surface area contributed by atoms with Gasteiger partial charge in [0.2, 0.25) is 0 Å². The van der Waals surface area contributed by atoms with Crippen molar-refractivity contribution >= 4 is 0 Å². The van der Waals surface area contributed by atoms with Crippen molar-refractivity contribution < 1.29 is 0 Å². The molecule has 0 aromatic rings. The van der Waals surface area contributed by atoms with E-state index in [0.717, 1.165) is 71.0 Å². The van der Waals surface area contributed by atoms with Gasteiger partial charge in [0.1, 0.15) is 0 Å². The summed E-state index contributed by atoms with van der Waals surface area (Å²) in [6, 6.07) is 0. The van der Waals surface area contributed by atoms with E-state index >= 15 is 0 Å². The predicted molar refractivity (Wildman–Crippen MR) is 189 cm³/mol. The largest absolute Gasteiger partial charge is 0.0651 e. The van der Waals surface area contributed by atoms with Gasteiger partial charge in [0.25, 0.3) is 0 Å². The van der Waals surface area contributed by atoms with Crippen LogP contribution in [0.15, 0.2) is 11.1 Å². The zero-order valence-corrected chi connectivity index (χ0v) is 30.2. The molecule has 0 bridgehead atoms. The van der Waals surface area contributed by atoms with Gasteiger partial charge in [0.15, 0.2) is 0 Å². The van der Waals surface area contributed by atoms with Gasteiger partial charge in [0, 0.05) is 0 Å². The maximum absolute atomic E-state index is 2.49. The van der Waals surface area contributed by atoms with Crippen molar-refractivity contribution in [2.75, 3.05) is 0 Å². The lowest BCUT2D eigenvalue weighted by Crippen LogP contribution is -2.38. The van der Waals surface area contributed by atoms with Crippen LogP contribution in [0.3, 0.4) is 0 Å². The Morgan fingerprint density at radius 2 is 0.698 bits per heavy atom. The van der Waals surface area contributed by atoms with Gasteiger partial charge in [-0.05, 0) is 161 Å². The average molecular weight is 593 g/mol. The molecule has 248 valence electrons. The van der Waals surface area contributed by atoms with Crippen molar-refractivity contribution in [1.29, 1.82) is 0 Å². The molecule has 43 heavy (non-hydrogen) atoms. The zero-order valence-electron chi connectivity index (χ0n) is 30.2. The standard InChI is InChI=1S/C28H48.C15H28/c1-5-21-15-17-25(23-11-7-19(3)8-12-23)28-26(18-16-22(6-2)27(21)28)24-13-9-20(4)10-14-24;1-3-13-6-10-15(11-7-13)14-8-4-12(2)5-9-14/h19-26H,5-18H2,1-4H3;12-15H,3-11H2,1-2H3. The lowest BCUT2D eigenvalue weighted by molar-refractivity contribution is 0.142. The van der Waals surface area contributed by atoms with Crippen LogP contribution in [0, 0.1) is 71.0 Å². The molecule has 0 radical (unpaired) electrons. The fraction of sp³-hybridized carbons (Fsp3) is 0.953. The molecule has 0 saturated heterocycles. The van der Waals surface area contributed by atoms with E-state index in [4.69, 9.17) is 0 Å². The van der Waals surface area contributed by atoms with E-state index in [9.17, 15) is 0 Å². The van der Waals surface area contributed by atoms with E-state index in [0.29, 0.717) is 0 Å². The van der Waals surface area contributed by atoms with Crippen molar-refractivity contribution in [2.24, 2.45) is 71.0 Å². The third-order valence-corrected chi connectivity index (χ3v) is 15.1. The summed E-state index contributed by atoms with van der Waals surface area (Å²) in [5.74, 6) is 12.2. The molecule has 6 aliphatic rings. The Bertz CT molecular complexity index is 772. The molecular weight excluding hydrogens is 516 g/mol. The Kier molecular flexibility index (Phi) is 13.1. The van der Waals surface area contributed by atoms with Gasteiger partial charge in [-0.15, -0.1) is 0 Å². The molecule has 6 aliphatic carbocycles. The average Bonchev–Trinajstić information content (AvgIpc) is 3.05. The quantitative estimate of drug-likeness (QED) is 0.269. The zero-order chi connectivity index (χ0) is 30.3. The molecule has 4 atom stereocenters. The number of hydrogen-bond acceptors (Lipinski definition) is 0. The SMILES string of the molecule is CCC1CCC(C2CCC(C)CC2)C2=C1C(CC)CCC2C1CCC(C)CC1.CCC1CCC(C2CCC(C)CC2)CC1. The summed E-state index contributed by atoms with van der Waals surface area (Å²) >= 11 is 0. The van der Waals surface area contributed by atoms with Crippen LogP contribution in [0.2, 0.25) is 0 Å². The summed E-state index contributed by atoms with van der Waals surface area (Å²) in [5, 5.41) is 0. The van der Waals surface area contributed by atoms with E-state index in [1.165, 1.54) is 122 Å². The maximum Gasteiger partial charge on any atom is -0.0169 e. The minimum absolute atomic E-state index is 0.934. The van der Waals surface area contributed by atoms with Gasteiger partial charge in [-0.2, -0.15) is 0 Å². The molecular formula is C43H76. The van der Waals surface area contributed by atoms with Gasteiger partial charge in [-0.25, -0.2) is 0 Å². The second-order valence-electron chi connectivity index (χ2n) is 17.7. The fourth-order valence-electron chi connectivity index (χ4n) is 11.9. The Morgan fingerprint density at radius 1 is 0.349 bits per heavy atom. The minimum Gasteiger partial charge on any atom is -0.0651 e. The first kappa shape index (κ1) is 34.1. The monoisotopic (exact) mass is 593 g/mol. The first-order chi connectivity index (χ1) is 20.9. The van der Waals surface area contributed by atoms with Crippen LogP contribution >= 0.6 is 0 Å². The normalized spacial score (nSPS) is 44.2. The maximum atomic E-state index is 2.49. The van der Waals surface area contributed by atoms with E-state index < -0.39 is 0 Å². The van der Waals surface area contributed by atoms with Crippen LogP contribution in [0.25, 0.3) is 0 Å². The molecule has 0 heteroatoms. The topological polar surface area (TPSA) is 0 Å². The van der Waals surface area contributed by atoms with Crippen LogP contribution < -0.4 is 0 Å². The minimum atomic E-state index is 0.934. The Morgan fingerprint density at radius 3 is 1.05 bits per heavy atom. The van der Waals surface area contributed by atoms with Gasteiger partial charge >= 0.3 is 0 Å². The Balaban J connectivity index is 0.000000207. The number of rotatable bonds is 6. The molecule has 0 nitrogen and oxygen atoms in total. The Hall–Kier alpha value is -0.260. The van der Waals surface area contributed by atoms with Crippen molar-refractivity contribution in [1.82, 2.24) is 0 Å². The van der Waals surface area contributed by atoms with Crippen LogP contribution in [-0.4, -0.2) is 0 Å². The summed E-state index contributed by atoms with van der Waals surface area (Å²) in [5.41, 5.74) is 4.16. The van der Waals surface area contributed by atoms with Gasteiger partial charge < -0.3 is 0 Å². The summed E-state index contributed by atoms with van der Waals surface area (Å²) in [4.78, 5) is 0. The molecule has 0 aromatic heterocycles. The summed E-state index contributed by atoms with van der Waals surface area (Å²) in [7, 11) is 0. The summed E-state index contributed by atoms with van der Waals surface area (Å²) < 4.78 is 0. The lowest BCUT2D eigenvalue weighted by atomic mass is 9.55. The highest BCUT2D eigenvalue weighted by atomic mass is 14.5. The molecule has 4 saturated carbocycles. The summed E-state index contributed by atoms with van der Waals surface area (Å²) in [6.07, 6.45) is 34.8. The van der Waals surface area contributed by atoms with Crippen LogP contribution in [0.4, 0.5) is 0 Å². The molecule has 4 unspecified atom stereocenters. The molecule has 4 fully saturated rings. The highest BCUT2D eigenvalue weighted by Crippen LogP contribution is 2.56. The van der Waals surface area contributed by atoms with Crippen molar-refractivity contribution in [2.45, 2.75) is 189 Å². The first-order valence-corrected chi connectivity index (χ1v) is 20.6. The van der Waals surface area contributed by atoms with Crippen molar-refractivity contribution in [3.05, 3.63) is 11.1 Å². The van der Waals surface area contributed by atoms with E-state index in [1.807, 2.05) is 0 Å².